The second-order valence-electron chi connectivity index (χ2n) is 2.65. The van der Waals surface area contributed by atoms with Crippen LogP contribution in [0.15, 0.2) is 0 Å². The first-order chi connectivity index (χ1) is 5.57. The van der Waals surface area contributed by atoms with Crippen molar-refractivity contribution in [1.82, 2.24) is 0 Å². The van der Waals surface area contributed by atoms with E-state index >= 15 is 0 Å². The van der Waals surface area contributed by atoms with Crippen molar-refractivity contribution in [3.8, 4) is 0 Å². The minimum absolute atomic E-state index is 0.711. The summed E-state index contributed by atoms with van der Waals surface area (Å²) in [5.41, 5.74) is -2.68. The van der Waals surface area contributed by atoms with Gasteiger partial charge in [-0.05, 0) is 13.8 Å². The highest BCUT2D eigenvalue weighted by Crippen LogP contribution is 2.61. The van der Waals surface area contributed by atoms with Gasteiger partial charge in [0.1, 0.15) is 0 Å². The zero-order valence-corrected chi connectivity index (χ0v) is 8.85. The van der Waals surface area contributed by atoms with Crippen LogP contribution in [0.5, 0.6) is 0 Å². The molecule has 0 fully saturated rings. The van der Waals surface area contributed by atoms with Gasteiger partial charge in [0, 0.05) is 0 Å². The highest BCUT2D eigenvalue weighted by molar-refractivity contribution is 7.70. The lowest BCUT2D eigenvalue weighted by atomic mass is 10.5. The second-order valence-corrected chi connectivity index (χ2v) is 6.56. The van der Waals surface area contributed by atoms with Crippen LogP contribution >= 0.6 is 15.2 Å². The van der Waals surface area contributed by atoms with Crippen molar-refractivity contribution in [2.75, 3.05) is 0 Å². The Hall–Kier alpha value is 0.260. The Morgan fingerprint density at radius 2 is 1.54 bits per heavy atom. The van der Waals surface area contributed by atoms with Gasteiger partial charge in [-0.1, -0.05) is 0 Å². The van der Waals surface area contributed by atoms with Crippen molar-refractivity contribution in [3.63, 3.8) is 0 Å². The van der Waals surface area contributed by atoms with Crippen LogP contribution in [0.25, 0.3) is 0 Å². The molecule has 0 bridgehead atoms. The molecular formula is C4H12O7P2. The molecule has 0 amide bonds. The molecule has 0 aromatic rings. The fraction of sp³-hybridized carbons (Fsp3) is 1.00. The van der Waals surface area contributed by atoms with Crippen molar-refractivity contribution >= 4 is 15.2 Å². The summed E-state index contributed by atoms with van der Waals surface area (Å²) >= 11 is 0. The molecule has 0 saturated carbocycles. The van der Waals surface area contributed by atoms with Crippen molar-refractivity contribution in [2.45, 2.75) is 25.5 Å². The second kappa shape index (κ2) is 4.19. The Bertz CT molecular complexity index is 255. The lowest BCUT2D eigenvalue weighted by Gasteiger charge is -2.20. The van der Waals surface area contributed by atoms with Crippen LogP contribution in [-0.2, 0) is 13.7 Å². The molecule has 0 aliphatic heterocycles. The minimum Gasteiger partial charge on any atom is -0.370 e. The number of aliphatic hydroxyl groups excluding tert-OH is 1. The summed E-state index contributed by atoms with van der Waals surface area (Å²) in [6.45, 7) is 2.80. The van der Waals surface area contributed by atoms with Crippen LogP contribution in [0.4, 0.5) is 0 Å². The van der Waals surface area contributed by atoms with Crippen LogP contribution in [0.2, 0.25) is 0 Å². The maximum atomic E-state index is 11.0. The molecule has 0 spiro atoms. The van der Waals surface area contributed by atoms with E-state index < -0.39 is 26.9 Å². The first kappa shape index (κ1) is 13.3. The van der Waals surface area contributed by atoms with E-state index in [9.17, 15) is 9.13 Å². The third-order valence-electron chi connectivity index (χ3n) is 0.955. The van der Waals surface area contributed by atoms with Crippen molar-refractivity contribution in [3.05, 3.63) is 0 Å². The van der Waals surface area contributed by atoms with Gasteiger partial charge < -0.3 is 24.3 Å². The van der Waals surface area contributed by atoms with Gasteiger partial charge in [-0.15, -0.1) is 0 Å². The molecule has 9 heteroatoms. The molecule has 0 rings (SSSR count). The Morgan fingerprint density at radius 1 is 1.15 bits per heavy atom. The van der Waals surface area contributed by atoms with Crippen LogP contribution in [0, 0.1) is 0 Å². The van der Waals surface area contributed by atoms with E-state index in [2.05, 4.69) is 4.52 Å². The molecule has 2 unspecified atom stereocenters. The Balaban J connectivity index is 4.65. The lowest BCUT2D eigenvalue weighted by Crippen LogP contribution is -2.13. The summed E-state index contributed by atoms with van der Waals surface area (Å²) in [5, 5.41) is 8.76. The van der Waals surface area contributed by atoms with Gasteiger partial charge in [-0.3, -0.25) is 9.13 Å². The first-order valence-corrected chi connectivity index (χ1v) is 6.64. The van der Waals surface area contributed by atoms with E-state index in [-0.39, 0.29) is 0 Å². The fourth-order valence-electron chi connectivity index (χ4n) is 0.547. The molecule has 80 valence electrons. The lowest BCUT2D eigenvalue weighted by molar-refractivity contribution is 0.161. The topological polar surface area (TPSA) is 124 Å². The predicted molar refractivity (Wildman–Crippen MR) is 44.1 cm³/mol. The number of rotatable bonds is 4. The van der Waals surface area contributed by atoms with Crippen LogP contribution in [0.3, 0.4) is 0 Å². The first-order valence-electron chi connectivity index (χ1n) is 3.31. The van der Waals surface area contributed by atoms with Gasteiger partial charge >= 0.3 is 15.2 Å². The summed E-state index contributed by atoms with van der Waals surface area (Å²) in [4.78, 5) is 25.6. The zero-order valence-electron chi connectivity index (χ0n) is 7.06. The molecule has 2 atom stereocenters. The summed E-state index contributed by atoms with van der Waals surface area (Å²) in [7, 11) is -9.69. The highest BCUT2D eigenvalue weighted by atomic mass is 31.2. The van der Waals surface area contributed by atoms with E-state index in [1.54, 1.807) is 0 Å². The average molecular weight is 234 g/mol. The fourth-order valence-corrected chi connectivity index (χ4v) is 2.94. The summed E-state index contributed by atoms with van der Waals surface area (Å²) in [6, 6.07) is 0. The SMILES string of the molecule is CC(C)OP(=O)(O)C(O)P(=O)(O)O. The van der Waals surface area contributed by atoms with Gasteiger partial charge in [0.2, 0.25) is 0 Å². The van der Waals surface area contributed by atoms with Gasteiger partial charge in [0.15, 0.2) is 0 Å². The summed E-state index contributed by atoms with van der Waals surface area (Å²) in [6.07, 6.45) is -0.711. The normalized spacial score (nSPS) is 19.9. The third-order valence-corrected chi connectivity index (χ3v) is 4.64. The average Bonchev–Trinajstić information content (AvgIpc) is 1.80. The Labute approximate surface area is 75.1 Å². The molecule has 7 nitrogen and oxygen atoms in total. The third kappa shape index (κ3) is 4.33. The molecule has 0 aromatic carbocycles. The van der Waals surface area contributed by atoms with Gasteiger partial charge in [-0.2, -0.15) is 0 Å². The van der Waals surface area contributed by atoms with Gasteiger partial charge in [-0.25, -0.2) is 0 Å². The maximum Gasteiger partial charge on any atom is 0.369 e. The van der Waals surface area contributed by atoms with Crippen LogP contribution in [-0.4, -0.2) is 31.5 Å². The van der Waals surface area contributed by atoms with Gasteiger partial charge in [0.05, 0.1) is 6.10 Å². The molecule has 0 radical (unpaired) electrons. The van der Waals surface area contributed by atoms with E-state index in [1.165, 1.54) is 13.8 Å². The van der Waals surface area contributed by atoms with Crippen LogP contribution < -0.4 is 0 Å². The van der Waals surface area contributed by atoms with E-state index in [1.807, 2.05) is 0 Å². The molecule has 0 saturated heterocycles. The molecule has 0 heterocycles. The number of aliphatic hydroxyl groups is 1. The molecule has 13 heavy (non-hydrogen) atoms. The monoisotopic (exact) mass is 234 g/mol. The smallest absolute Gasteiger partial charge is 0.369 e. The van der Waals surface area contributed by atoms with Crippen molar-refractivity contribution in [2.24, 2.45) is 0 Å². The Morgan fingerprint density at radius 3 is 1.77 bits per heavy atom. The molecule has 0 aromatic heterocycles. The quantitative estimate of drug-likeness (QED) is 0.506. The molecule has 4 N–H and O–H groups in total. The molecule has 0 aliphatic carbocycles. The van der Waals surface area contributed by atoms with Gasteiger partial charge in [0.25, 0.3) is 5.59 Å². The predicted octanol–water partition coefficient (Wildman–Crippen LogP) is 0.0504. The molecule has 0 aliphatic rings. The Kier molecular flexibility index (Phi) is 4.27. The van der Waals surface area contributed by atoms with Crippen molar-refractivity contribution < 1.29 is 33.4 Å². The zero-order chi connectivity index (χ0) is 10.9. The van der Waals surface area contributed by atoms with E-state index in [0.29, 0.717) is 0 Å². The highest BCUT2D eigenvalue weighted by Gasteiger charge is 2.44. The number of hydrogen-bond donors (Lipinski definition) is 4. The van der Waals surface area contributed by atoms with E-state index in [4.69, 9.17) is 19.8 Å². The maximum absolute atomic E-state index is 11.0. The summed E-state index contributed by atoms with van der Waals surface area (Å²) in [5.74, 6) is 0. The standard InChI is InChI=1S/C4H12O7P2/c1-3(2)11-13(9,10)4(5)12(6,7)8/h3-5H,1-2H3,(H,9,10)(H2,6,7,8). The van der Waals surface area contributed by atoms with Crippen LogP contribution in [0.1, 0.15) is 13.8 Å². The largest absolute Gasteiger partial charge is 0.370 e. The molecular weight excluding hydrogens is 222 g/mol. The van der Waals surface area contributed by atoms with E-state index in [0.717, 1.165) is 0 Å². The summed E-state index contributed by atoms with van der Waals surface area (Å²) < 4.78 is 25.6. The minimum atomic E-state index is -5.02. The van der Waals surface area contributed by atoms with Crippen molar-refractivity contribution in [1.29, 1.82) is 0 Å². The number of hydrogen-bond acceptors (Lipinski definition) is 4.